The second-order valence-corrected chi connectivity index (χ2v) is 6.55. The summed E-state index contributed by atoms with van der Waals surface area (Å²) >= 11 is 4.38. The van der Waals surface area contributed by atoms with Crippen LogP contribution in [0, 0.1) is 0 Å². The van der Waals surface area contributed by atoms with Crippen molar-refractivity contribution < 1.29 is 27.5 Å². The lowest BCUT2D eigenvalue weighted by Gasteiger charge is -2.09. The van der Waals surface area contributed by atoms with Crippen LogP contribution < -0.4 is 15.6 Å². The van der Waals surface area contributed by atoms with Crippen molar-refractivity contribution >= 4 is 39.1 Å². The third-order valence-corrected chi connectivity index (χ3v) is 4.06. The van der Waals surface area contributed by atoms with Crippen molar-refractivity contribution in [3.63, 3.8) is 0 Å². The third kappa shape index (κ3) is 5.25. The fraction of sp³-hybridized carbons (Fsp3) is 0.0769. The van der Waals surface area contributed by atoms with Gasteiger partial charge in [0.2, 0.25) is 0 Å². The molecule has 0 atom stereocenters. The van der Waals surface area contributed by atoms with Gasteiger partial charge in [0.25, 0.3) is 11.8 Å². The van der Waals surface area contributed by atoms with E-state index in [0.29, 0.717) is 4.88 Å². The van der Waals surface area contributed by atoms with Crippen molar-refractivity contribution in [3.05, 3.63) is 50.6 Å². The maximum Gasteiger partial charge on any atom is 0.573 e. The van der Waals surface area contributed by atoms with Crippen molar-refractivity contribution in [2.75, 3.05) is 0 Å². The maximum atomic E-state index is 12.0. The lowest BCUT2D eigenvalue weighted by atomic mass is 10.2. The highest BCUT2D eigenvalue weighted by atomic mass is 79.9. The minimum atomic E-state index is -4.80. The molecule has 0 aliphatic heterocycles. The zero-order valence-electron chi connectivity index (χ0n) is 11.1. The number of thiophene rings is 1. The first-order chi connectivity index (χ1) is 10.7. The van der Waals surface area contributed by atoms with Gasteiger partial charge in [0, 0.05) is 5.56 Å². The van der Waals surface area contributed by atoms with Crippen molar-refractivity contribution in [2.45, 2.75) is 6.36 Å². The van der Waals surface area contributed by atoms with E-state index in [0.717, 1.165) is 28.1 Å². The smallest absolute Gasteiger partial charge is 0.406 e. The summed E-state index contributed by atoms with van der Waals surface area (Å²) < 4.78 is 40.5. The molecule has 10 heteroatoms. The van der Waals surface area contributed by atoms with Gasteiger partial charge in [0.1, 0.15) is 5.75 Å². The number of benzene rings is 1. The molecule has 2 N–H and O–H groups in total. The summed E-state index contributed by atoms with van der Waals surface area (Å²) in [5.41, 5.74) is 4.43. The molecule has 0 spiro atoms. The molecule has 0 aliphatic carbocycles. The number of halogens is 4. The highest BCUT2D eigenvalue weighted by Gasteiger charge is 2.31. The molecule has 2 amide bonds. The predicted molar refractivity (Wildman–Crippen MR) is 80.1 cm³/mol. The van der Waals surface area contributed by atoms with Crippen molar-refractivity contribution in [1.29, 1.82) is 0 Å². The minimum Gasteiger partial charge on any atom is -0.406 e. The van der Waals surface area contributed by atoms with Gasteiger partial charge in [0.05, 0.1) is 8.66 Å². The van der Waals surface area contributed by atoms with E-state index in [4.69, 9.17) is 0 Å². The normalized spacial score (nSPS) is 11.0. The molecule has 0 saturated carbocycles. The van der Waals surface area contributed by atoms with Gasteiger partial charge in [-0.2, -0.15) is 0 Å². The summed E-state index contributed by atoms with van der Waals surface area (Å²) in [5.74, 6) is -1.62. The van der Waals surface area contributed by atoms with Gasteiger partial charge in [-0.15, -0.1) is 24.5 Å². The molecule has 0 bridgehead atoms. The van der Waals surface area contributed by atoms with Gasteiger partial charge in [-0.1, -0.05) is 0 Å². The second kappa shape index (κ2) is 7.01. The Morgan fingerprint density at radius 3 is 2.13 bits per heavy atom. The molecule has 2 aromatic rings. The first-order valence-electron chi connectivity index (χ1n) is 5.96. The molecule has 1 heterocycles. The Morgan fingerprint density at radius 1 is 1.00 bits per heavy atom. The Balaban J connectivity index is 1.92. The number of rotatable bonds is 3. The summed E-state index contributed by atoms with van der Waals surface area (Å²) in [6.07, 6.45) is -4.80. The summed E-state index contributed by atoms with van der Waals surface area (Å²) in [4.78, 5) is 23.9. The number of hydrogen-bond donors (Lipinski definition) is 2. The second-order valence-electron chi connectivity index (χ2n) is 4.08. The first-order valence-corrected chi connectivity index (χ1v) is 7.57. The van der Waals surface area contributed by atoms with Crippen LogP contribution in [0.1, 0.15) is 20.0 Å². The van der Waals surface area contributed by atoms with E-state index in [1.807, 2.05) is 0 Å². The fourth-order valence-electron chi connectivity index (χ4n) is 1.49. The Labute approximate surface area is 140 Å². The molecule has 1 aromatic heterocycles. The standard InChI is InChI=1S/C13H8BrF3N2O3S/c14-10-6-5-9(23-10)12(21)19-18-11(20)7-1-3-8(4-2-7)22-13(15,16)17/h1-6H,(H,18,20)(H,19,21). The number of ether oxygens (including phenoxy) is 1. The number of hydrogen-bond acceptors (Lipinski definition) is 4. The Bertz CT molecular complexity index is 716. The molecule has 0 aliphatic rings. The molecular formula is C13H8BrF3N2O3S. The van der Waals surface area contributed by atoms with Crippen LogP contribution in [0.25, 0.3) is 0 Å². The van der Waals surface area contributed by atoms with Crippen LogP contribution in [0.4, 0.5) is 13.2 Å². The zero-order chi connectivity index (χ0) is 17.0. The van der Waals surface area contributed by atoms with Crippen LogP contribution in [0.3, 0.4) is 0 Å². The lowest BCUT2D eigenvalue weighted by Crippen LogP contribution is -2.41. The summed E-state index contributed by atoms with van der Waals surface area (Å²) in [6.45, 7) is 0. The van der Waals surface area contributed by atoms with Gasteiger partial charge in [-0.3, -0.25) is 20.4 Å². The van der Waals surface area contributed by atoms with Gasteiger partial charge in [-0.05, 0) is 52.3 Å². The average Bonchev–Trinajstić information content (AvgIpc) is 2.90. The van der Waals surface area contributed by atoms with Gasteiger partial charge < -0.3 is 4.74 Å². The van der Waals surface area contributed by atoms with E-state index in [1.54, 1.807) is 12.1 Å². The summed E-state index contributed by atoms with van der Waals surface area (Å²) in [6, 6.07) is 7.54. The van der Waals surface area contributed by atoms with Crippen LogP contribution in [0.5, 0.6) is 5.75 Å². The van der Waals surface area contributed by atoms with Crippen LogP contribution in [0.15, 0.2) is 40.2 Å². The number of hydrazine groups is 1. The van der Waals surface area contributed by atoms with E-state index in [2.05, 4.69) is 31.5 Å². The van der Waals surface area contributed by atoms with Crippen LogP contribution in [-0.2, 0) is 0 Å². The summed E-state index contributed by atoms with van der Waals surface area (Å²) in [5, 5.41) is 0. The molecule has 2 rings (SSSR count). The highest BCUT2D eigenvalue weighted by molar-refractivity contribution is 9.11. The number of amides is 2. The molecule has 0 unspecified atom stereocenters. The molecule has 0 saturated heterocycles. The third-order valence-electron chi connectivity index (χ3n) is 2.44. The van der Waals surface area contributed by atoms with E-state index in [-0.39, 0.29) is 5.56 Å². The lowest BCUT2D eigenvalue weighted by molar-refractivity contribution is -0.274. The van der Waals surface area contributed by atoms with Gasteiger partial charge in [-0.25, -0.2) is 0 Å². The molecule has 1 aromatic carbocycles. The van der Waals surface area contributed by atoms with Crippen LogP contribution in [-0.4, -0.2) is 18.2 Å². The van der Waals surface area contributed by atoms with E-state index >= 15 is 0 Å². The van der Waals surface area contributed by atoms with E-state index < -0.39 is 23.9 Å². The topological polar surface area (TPSA) is 67.4 Å². The predicted octanol–water partition coefficient (Wildman–Crippen LogP) is 3.48. The van der Waals surface area contributed by atoms with Crippen molar-refractivity contribution in [2.24, 2.45) is 0 Å². The van der Waals surface area contributed by atoms with Crippen LogP contribution in [0.2, 0.25) is 0 Å². The van der Waals surface area contributed by atoms with Gasteiger partial charge >= 0.3 is 6.36 Å². The van der Waals surface area contributed by atoms with Gasteiger partial charge in [0.15, 0.2) is 0 Å². The number of carbonyl (C=O) groups is 2. The number of nitrogens with one attached hydrogen (secondary N) is 2. The van der Waals surface area contributed by atoms with E-state index in [1.165, 1.54) is 11.3 Å². The molecule has 122 valence electrons. The zero-order valence-corrected chi connectivity index (χ0v) is 13.5. The molecule has 5 nitrogen and oxygen atoms in total. The number of carbonyl (C=O) groups excluding carboxylic acids is 2. The molecular weight excluding hydrogens is 401 g/mol. The summed E-state index contributed by atoms with van der Waals surface area (Å²) in [7, 11) is 0. The molecule has 0 radical (unpaired) electrons. The SMILES string of the molecule is O=C(NNC(=O)c1ccc(Br)s1)c1ccc(OC(F)(F)F)cc1. The minimum absolute atomic E-state index is 0.0622. The Hall–Kier alpha value is -2.07. The fourth-order valence-corrected chi connectivity index (χ4v) is 2.77. The maximum absolute atomic E-state index is 12.0. The molecule has 0 fully saturated rings. The Morgan fingerprint density at radius 2 is 1.61 bits per heavy atom. The van der Waals surface area contributed by atoms with E-state index in [9.17, 15) is 22.8 Å². The van der Waals surface area contributed by atoms with Crippen molar-refractivity contribution in [1.82, 2.24) is 10.9 Å². The highest BCUT2D eigenvalue weighted by Crippen LogP contribution is 2.23. The first kappa shape index (κ1) is 17.3. The van der Waals surface area contributed by atoms with Crippen LogP contribution >= 0.6 is 27.3 Å². The average molecular weight is 409 g/mol. The van der Waals surface area contributed by atoms with Crippen molar-refractivity contribution in [3.8, 4) is 5.75 Å². The largest absolute Gasteiger partial charge is 0.573 e. The monoisotopic (exact) mass is 408 g/mol. The quantitative estimate of drug-likeness (QED) is 0.763. The number of alkyl halides is 3. The Kier molecular flexibility index (Phi) is 5.26. The molecule has 23 heavy (non-hydrogen) atoms.